The average Bonchev–Trinajstić information content (AvgIpc) is 2.17. The van der Waals surface area contributed by atoms with Gasteiger partial charge in [-0.1, -0.05) is 56.3 Å². The average molecular weight is 217 g/mol. The summed E-state index contributed by atoms with van der Waals surface area (Å²) in [6.45, 7) is 11.7. The van der Waals surface area contributed by atoms with Gasteiger partial charge in [-0.2, -0.15) is 0 Å². The van der Waals surface area contributed by atoms with Crippen LogP contribution in [0.15, 0.2) is 42.5 Å². The van der Waals surface area contributed by atoms with E-state index in [1.165, 1.54) is 11.1 Å². The van der Waals surface area contributed by atoms with E-state index in [0.717, 1.165) is 6.54 Å². The predicted octanol–water partition coefficient (Wildman–Crippen LogP) is 3.72. The zero-order chi connectivity index (χ0) is 12.1. The van der Waals surface area contributed by atoms with Crippen molar-refractivity contribution < 1.29 is 0 Å². The first-order valence-corrected chi connectivity index (χ1v) is 5.92. The van der Waals surface area contributed by atoms with Crippen LogP contribution in [0, 0.1) is 5.92 Å². The Morgan fingerprint density at radius 2 is 1.81 bits per heavy atom. The monoisotopic (exact) mass is 217 g/mol. The number of hydrogen-bond acceptors (Lipinski definition) is 1. The van der Waals surface area contributed by atoms with Crippen LogP contribution < -0.4 is 0 Å². The molecule has 0 bridgehead atoms. The molecule has 1 aromatic rings. The highest BCUT2D eigenvalue weighted by Crippen LogP contribution is 2.18. The van der Waals surface area contributed by atoms with Gasteiger partial charge in [0.25, 0.3) is 0 Å². The summed E-state index contributed by atoms with van der Waals surface area (Å²) in [5.74, 6) is 0.603. The molecule has 1 heteroatoms. The fraction of sp³-hybridized carbons (Fsp3) is 0.467. The molecule has 0 aliphatic carbocycles. The summed E-state index contributed by atoms with van der Waals surface area (Å²) < 4.78 is 0. The molecule has 1 nitrogen and oxygen atoms in total. The molecule has 1 atom stereocenters. The smallest absolute Gasteiger partial charge is 0.0325 e. The van der Waals surface area contributed by atoms with Gasteiger partial charge in [0.1, 0.15) is 0 Å². The van der Waals surface area contributed by atoms with E-state index in [4.69, 9.17) is 0 Å². The lowest BCUT2D eigenvalue weighted by Gasteiger charge is -2.31. The second-order valence-corrected chi connectivity index (χ2v) is 4.94. The SMILES string of the molecule is C=C(C)C(C(C)C)N(C)Cc1ccccc1. The van der Waals surface area contributed by atoms with Gasteiger partial charge in [-0.3, -0.25) is 4.90 Å². The second kappa shape index (κ2) is 5.86. The largest absolute Gasteiger partial charge is 0.295 e. The van der Waals surface area contributed by atoms with E-state index in [1.807, 2.05) is 0 Å². The van der Waals surface area contributed by atoms with Crippen molar-refractivity contribution >= 4 is 0 Å². The Balaban J connectivity index is 2.70. The minimum Gasteiger partial charge on any atom is -0.295 e. The van der Waals surface area contributed by atoms with Gasteiger partial charge in [0.05, 0.1) is 0 Å². The maximum atomic E-state index is 4.10. The van der Waals surface area contributed by atoms with Gasteiger partial charge >= 0.3 is 0 Å². The van der Waals surface area contributed by atoms with E-state index >= 15 is 0 Å². The van der Waals surface area contributed by atoms with Gasteiger partial charge in [0.15, 0.2) is 0 Å². The Hall–Kier alpha value is -1.08. The van der Waals surface area contributed by atoms with Crippen molar-refractivity contribution in [3.05, 3.63) is 48.0 Å². The molecule has 1 unspecified atom stereocenters. The number of hydrogen-bond donors (Lipinski definition) is 0. The molecule has 0 heterocycles. The molecular formula is C15H23N. The quantitative estimate of drug-likeness (QED) is 0.679. The molecule has 0 N–H and O–H groups in total. The number of nitrogens with zero attached hydrogens (tertiary/aromatic N) is 1. The minimum absolute atomic E-state index is 0.459. The minimum atomic E-state index is 0.459. The Kier molecular flexibility index (Phi) is 4.75. The molecular weight excluding hydrogens is 194 g/mol. The summed E-state index contributed by atoms with van der Waals surface area (Å²) in [7, 11) is 2.17. The lowest BCUT2D eigenvalue weighted by Crippen LogP contribution is -2.36. The Bertz CT molecular complexity index is 327. The summed E-state index contributed by atoms with van der Waals surface area (Å²) >= 11 is 0. The number of likely N-dealkylation sites (N-methyl/N-ethyl adjacent to an activating group) is 1. The fourth-order valence-corrected chi connectivity index (χ4v) is 2.42. The van der Waals surface area contributed by atoms with Gasteiger partial charge in [-0.05, 0) is 25.5 Å². The second-order valence-electron chi connectivity index (χ2n) is 4.94. The zero-order valence-electron chi connectivity index (χ0n) is 10.9. The van der Waals surface area contributed by atoms with Gasteiger partial charge in [0.2, 0.25) is 0 Å². The topological polar surface area (TPSA) is 3.24 Å². The van der Waals surface area contributed by atoms with Crippen molar-refractivity contribution in [3.63, 3.8) is 0 Å². The Labute approximate surface area is 99.8 Å². The van der Waals surface area contributed by atoms with Gasteiger partial charge in [-0.25, -0.2) is 0 Å². The van der Waals surface area contributed by atoms with Crippen LogP contribution in [0.3, 0.4) is 0 Å². The van der Waals surface area contributed by atoms with Crippen molar-refractivity contribution in [2.45, 2.75) is 33.4 Å². The van der Waals surface area contributed by atoms with Crippen LogP contribution in [-0.2, 0) is 6.54 Å². The van der Waals surface area contributed by atoms with E-state index in [9.17, 15) is 0 Å². The van der Waals surface area contributed by atoms with Crippen molar-refractivity contribution in [3.8, 4) is 0 Å². The van der Waals surface area contributed by atoms with Crippen molar-refractivity contribution in [2.75, 3.05) is 7.05 Å². The van der Waals surface area contributed by atoms with E-state index in [0.29, 0.717) is 12.0 Å². The van der Waals surface area contributed by atoms with Crippen LogP contribution in [0.2, 0.25) is 0 Å². The predicted molar refractivity (Wildman–Crippen MR) is 71.3 cm³/mol. The van der Waals surface area contributed by atoms with Crippen molar-refractivity contribution in [1.82, 2.24) is 4.90 Å². The van der Waals surface area contributed by atoms with Crippen LogP contribution in [0.1, 0.15) is 26.3 Å². The third kappa shape index (κ3) is 3.49. The summed E-state index contributed by atoms with van der Waals surface area (Å²) in [5.41, 5.74) is 2.60. The molecule has 0 saturated carbocycles. The highest BCUT2D eigenvalue weighted by molar-refractivity contribution is 5.15. The van der Waals surface area contributed by atoms with Crippen LogP contribution in [0.5, 0.6) is 0 Å². The molecule has 1 rings (SSSR count). The maximum Gasteiger partial charge on any atom is 0.0325 e. The zero-order valence-corrected chi connectivity index (χ0v) is 10.9. The van der Waals surface area contributed by atoms with Crippen LogP contribution in [-0.4, -0.2) is 18.0 Å². The molecule has 1 aromatic carbocycles. The van der Waals surface area contributed by atoms with Crippen LogP contribution in [0.4, 0.5) is 0 Å². The van der Waals surface area contributed by atoms with Gasteiger partial charge in [-0.15, -0.1) is 0 Å². The third-order valence-corrected chi connectivity index (χ3v) is 2.89. The molecule has 0 radical (unpaired) electrons. The molecule has 88 valence electrons. The number of rotatable bonds is 5. The lowest BCUT2D eigenvalue weighted by atomic mass is 9.96. The van der Waals surface area contributed by atoms with Crippen molar-refractivity contribution in [1.29, 1.82) is 0 Å². The first kappa shape index (κ1) is 13.0. The molecule has 0 spiro atoms. The summed E-state index contributed by atoms with van der Waals surface area (Å²) in [6, 6.07) is 11.0. The molecule has 0 amide bonds. The van der Waals surface area contributed by atoms with E-state index in [1.54, 1.807) is 0 Å². The first-order valence-electron chi connectivity index (χ1n) is 5.92. The molecule has 0 aliphatic rings. The number of benzene rings is 1. The van der Waals surface area contributed by atoms with Crippen LogP contribution in [0.25, 0.3) is 0 Å². The van der Waals surface area contributed by atoms with E-state index in [2.05, 4.69) is 69.6 Å². The molecule has 0 saturated heterocycles. The lowest BCUT2D eigenvalue weighted by molar-refractivity contribution is 0.215. The Morgan fingerprint density at radius 1 is 1.25 bits per heavy atom. The third-order valence-electron chi connectivity index (χ3n) is 2.89. The highest BCUT2D eigenvalue weighted by Gasteiger charge is 2.18. The molecule has 0 aliphatic heterocycles. The van der Waals surface area contributed by atoms with Crippen LogP contribution >= 0.6 is 0 Å². The summed E-state index contributed by atoms with van der Waals surface area (Å²) in [4.78, 5) is 2.38. The summed E-state index contributed by atoms with van der Waals surface area (Å²) in [5, 5.41) is 0. The standard InChI is InChI=1S/C15H23N/c1-12(2)15(13(3)4)16(5)11-14-9-7-6-8-10-14/h6-10,13,15H,1,11H2,2-5H3. The molecule has 0 fully saturated rings. The summed E-state index contributed by atoms with van der Waals surface area (Å²) in [6.07, 6.45) is 0. The van der Waals surface area contributed by atoms with Gasteiger partial charge in [0, 0.05) is 12.6 Å². The van der Waals surface area contributed by atoms with E-state index in [-0.39, 0.29) is 0 Å². The Morgan fingerprint density at radius 3 is 2.25 bits per heavy atom. The fourth-order valence-electron chi connectivity index (χ4n) is 2.42. The molecule has 0 aromatic heterocycles. The normalized spacial score (nSPS) is 13.1. The first-order chi connectivity index (χ1) is 7.52. The van der Waals surface area contributed by atoms with Gasteiger partial charge < -0.3 is 0 Å². The highest BCUT2D eigenvalue weighted by atomic mass is 15.1. The maximum absolute atomic E-state index is 4.10. The van der Waals surface area contributed by atoms with E-state index < -0.39 is 0 Å². The van der Waals surface area contributed by atoms with Crippen molar-refractivity contribution in [2.24, 2.45) is 5.92 Å². The molecule has 16 heavy (non-hydrogen) atoms.